The average Bonchev–Trinajstić information content (AvgIpc) is 2.82. The molecule has 0 aliphatic rings. The van der Waals surface area contributed by atoms with E-state index < -0.39 is 0 Å². The van der Waals surface area contributed by atoms with Crippen molar-refractivity contribution in [2.75, 3.05) is 7.05 Å². The zero-order chi connectivity index (χ0) is 13.4. The van der Waals surface area contributed by atoms with Crippen LogP contribution in [0.15, 0.2) is 12.4 Å². The Balaban J connectivity index is 2.34. The molecule has 1 atom stereocenters. The maximum Gasteiger partial charge on any atom is 0.108 e. The highest BCUT2D eigenvalue weighted by Gasteiger charge is 2.19. The summed E-state index contributed by atoms with van der Waals surface area (Å²) < 4.78 is 2.23. The van der Waals surface area contributed by atoms with Crippen molar-refractivity contribution in [1.29, 1.82) is 5.26 Å². The molecule has 0 aliphatic heterocycles. The van der Waals surface area contributed by atoms with Crippen LogP contribution in [0.4, 0.5) is 0 Å². The fraction of sp³-hybridized carbons (Fsp3) is 0.714. The van der Waals surface area contributed by atoms with E-state index in [1.165, 1.54) is 5.82 Å². The second-order valence-corrected chi connectivity index (χ2v) is 4.94. The molecule has 0 aliphatic carbocycles. The first-order valence-electron chi connectivity index (χ1n) is 6.75. The van der Waals surface area contributed by atoms with E-state index in [0.717, 1.165) is 38.6 Å². The topological polar surface area (TPSA) is 53.6 Å². The number of nitrogens with zero attached hydrogens (tertiary/aromatic N) is 3. The Morgan fingerprint density at radius 1 is 1.50 bits per heavy atom. The number of hydrogen-bond donors (Lipinski definition) is 1. The van der Waals surface area contributed by atoms with E-state index in [2.05, 4.69) is 27.9 Å². The Morgan fingerprint density at radius 3 is 2.89 bits per heavy atom. The van der Waals surface area contributed by atoms with Gasteiger partial charge in [-0.05, 0) is 39.7 Å². The summed E-state index contributed by atoms with van der Waals surface area (Å²) >= 11 is 0. The highest BCUT2D eigenvalue weighted by molar-refractivity contribution is 5.02. The molecule has 1 heterocycles. The molecule has 4 nitrogen and oxygen atoms in total. The standard InChI is InChI=1S/C14H24N4/c1-4-7-13-17-9-11-18(13)10-6-5-8-14(2,12-15)16-3/h9,11,16H,4-8,10H2,1-3H3. The molecule has 1 rings (SSSR count). The number of aryl methyl sites for hydroxylation is 2. The number of rotatable bonds is 8. The van der Waals surface area contributed by atoms with Gasteiger partial charge in [-0.3, -0.25) is 0 Å². The molecule has 0 bridgehead atoms. The predicted octanol–water partition coefficient (Wildman–Crippen LogP) is 2.51. The van der Waals surface area contributed by atoms with Crippen LogP contribution in [-0.2, 0) is 13.0 Å². The number of nitrogens with one attached hydrogen (secondary N) is 1. The van der Waals surface area contributed by atoms with Crippen molar-refractivity contribution in [3.05, 3.63) is 18.2 Å². The van der Waals surface area contributed by atoms with Crippen LogP contribution in [0.5, 0.6) is 0 Å². The van der Waals surface area contributed by atoms with Gasteiger partial charge in [-0.15, -0.1) is 0 Å². The van der Waals surface area contributed by atoms with Gasteiger partial charge in [-0.2, -0.15) is 5.26 Å². The molecule has 100 valence electrons. The lowest BCUT2D eigenvalue weighted by atomic mass is 9.97. The van der Waals surface area contributed by atoms with Gasteiger partial charge in [0.2, 0.25) is 0 Å². The summed E-state index contributed by atoms with van der Waals surface area (Å²) in [5.74, 6) is 1.18. The molecule has 1 aromatic heterocycles. The van der Waals surface area contributed by atoms with Crippen LogP contribution in [0.1, 0.15) is 45.4 Å². The molecule has 0 radical (unpaired) electrons. The van der Waals surface area contributed by atoms with Gasteiger partial charge < -0.3 is 9.88 Å². The van der Waals surface area contributed by atoms with Crippen molar-refractivity contribution in [1.82, 2.24) is 14.9 Å². The summed E-state index contributed by atoms with van der Waals surface area (Å²) in [5.41, 5.74) is -0.388. The van der Waals surface area contributed by atoms with Gasteiger partial charge in [0, 0.05) is 25.4 Å². The first-order chi connectivity index (χ1) is 8.65. The molecule has 0 aromatic carbocycles. The van der Waals surface area contributed by atoms with Crippen molar-refractivity contribution in [3.8, 4) is 6.07 Å². The maximum absolute atomic E-state index is 9.05. The minimum absolute atomic E-state index is 0.388. The number of unbranched alkanes of at least 4 members (excludes halogenated alkanes) is 1. The molecule has 0 amide bonds. The second-order valence-electron chi connectivity index (χ2n) is 4.94. The van der Waals surface area contributed by atoms with E-state index in [1.54, 1.807) is 0 Å². The Hall–Kier alpha value is -1.34. The maximum atomic E-state index is 9.05. The Bertz CT molecular complexity index is 391. The molecule has 0 saturated carbocycles. The molecular formula is C14H24N4. The van der Waals surface area contributed by atoms with Gasteiger partial charge in [-0.25, -0.2) is 4.98 Å². The van der Waals surface area contributed by atoms with Crippen molar-refractivity contribution in [2.45, 2.75) is 58.0 Å². The predicted molar refractivity (Wildman–Crippen MR) is 73.2 cm³/mol. The van der Waals surface area contributed by atoms with Gasteiger partial charge >= 0.3 is 0 Å². The highest BCUT2D eigenvalue weighted by atomic mass is 15.1. The number of hydrogen-bond acceptors (Lipinski definition) is 3. The minimum atomic E-state index is -0.388. The lowest BCUT2D eigenvalue weighted by Crippen LogP contribution is -2.37. The van der Waals surface area contributed by atoms with E-state index in [0.29, 0.717) is 0 Å². The first-order valence-corrected chi connectivity index (χ1v) is 6.75. The third kappa shape index (κ3) is 4.15. The zero-order valence-electron chi connectivity index (χ0n) is 11.7. The van der Waals surface area contributed by atoms with Gasteiger partial charge in [-0.1, -0.05) is 6.92 Å². The lowest BCUT2D eigenvalue weighted by Gasteiger charge is -2.20. The largest absolute Gasteiger partial charge is 0.335 e. The van der Waals surface area contributed by atoms with E-state index >= 15 is 0 Å². The van der Waals surface area contributed by atoms with Gasteiger partial charge in [0.15, 0.2) is 0 Å². The molecular weight excluding hydrogens is 224 g/mol. The van der Waals surface area contributed by atoms with Crippen molar-refractivity contribution in [2.24, 2.45) is 0 Å². The van der Waals surface area contributed by atoms with E-state index in [-0.39, 0.29) is 5.54 Å². The van der Waals surface area contributed by atoms with Crippen LogP contribution in [0.3, 0.4) is 0 Å². The van der Waals surface area contributed by atoms with Crippen LogP contribution >= 0.6 is 0 Å². The SMILES string of the molecule is CCCc1nccn1CCCCC(C)(C#N)NC. The number of nitriles is 1. The Labute approximate surface area is 110 Å². The van der Waals surface area contributed by atoms with E-state index in [4.69, 9.17) is 5.26 Å². The average molecular weight is 248 g/mol. The van der Waals surface area contributed by atoms with Gasteiger partial charge in [0.05, 0.1) is 6.07 Å². The van der Waals surface area contributed by atoms with Crippen LogP contribution in [0, 0.1) is 11.3 Å². The van der Waals surface area contributed by atoms with Crippen LogP contribution in [0.2, 0.25) is 0 Å². The summed E-state index contributed by atoms with van der Waals surface area (Å²) in [6, 6.07) is 2.32. The summed E-state index contributed by atoms with van der Waals surface area (Å²) in [4.78, 5) is 4.36. The van der Waals surface area contributed by atoms with E-state index in [1.807, 2.05) is 26.4 Å². The van der Waals surface area contributed by atoms with Crippen molar-refractivity contribution in [3.63, 3.8) is 0 Å². The molecule has 4 heteroatoms. The fourth-order valence-electron chi connectivity index (χ4n) is 1.99. The number of aromatic nitrogens is 2. The molecule has 18 heavy (non-hydrogen) atoms. The molecule has 1 unspecified atom stereocenters. The summed E-state index contributed by atoms with van der Waals surface area (Å²) in [6.07, 6.45) is 9.12. The van der Waals surface area contributed by atoms with E-state index in [9.17, 15) is 0 Å². The minimum Gasteiger partial charge on any atom is -0.335 e. The van der Waals surface area contributed by atoms with Gasteiger partial charge in [0.25, 0.3) is 0 Å². The lowest BCUT2D eigenvalue weighted by molar-refractivity contribution is 0.423. The Kier molecular flexibility index (Phi) is 5.87. The van der Waals surface area contributed by atoms with Gasteiger partial charge in [0.1, 0.15) is 11.4 Å². The summed E-state index contributed by atoms with van der Waals surface area (Å²) in [6.45, 7) is 5.12. The van der Waals surface area contributed by atoms with Crippen molar-refractivity contribution < 1.29 is 0 Å². The molecule has 0 spiro atoms. The molecule has 0 fully saturated rings. The van der Waals surface area contributed by atoms with Crippen LogP contribution in [-0.4, -0.2) is 22.1 Å². The summed E-state index contributed by atoms with van der Waals surface area (Å²) in [5, 5.41) is 12.1. The Morgan fingerprint density at radius 2 is 2.28 bits per heavy atom. The monoisotopic (exact) mass is 248 g/mol. The third-order valence-corrected chi connectivity index (χ3v) is 3.40. The second kappa shape index (κ2) is 7.17. The highest BCUT2D eigenvalue weighted by Crippen LogP contribution is 2.13. The first kappa shape index (κ1) is 14.7. The summed E-state index contributed by atoms with van der Waals surface area (Å²) in [7, 11) is 1.85. The quantitative estimate of drug-likeness (QED) is 0.719. The van der Waals surface area contributed by atoms with Crippen LogP contribution in [0.25, 0.3) is 0 Å². The molecule has 1 aromatic rings. The smallest absolute Gasteiger partial charge is 0.108 e. The fourth-order valence-corrected chi connectivity index (χ4v) is 1.99. The zero-order valence-corrected chi connectivity index (χ0v) is 11.7. The number of imidazole rings is 1. The van der Waals surface area contributed by atoms with Crippen molar-refractivity contribution >= 4 is 0 Å². The van der Waals surface area contributed by atoms with Crippen LogP contribution < -0.4 is 5.32 Å². The third-order valence-electron chi connectivity index (χ3n) is 3.40. The normalized spacial score (nSPS) is 14.1. The molecule has 1 N–H and O–H groups in total. The molecule has 0 saturated heterocycles.